The molecule has 0 aliphatic carbocycles. The van der Waals surface area contributed by atoms with Crippen LogP contribution in [0.2, 0.25) is 0 Å². The van der Waals surface area contributed by atoms with Crippen LogP contribution in [0.4, 0.5) is 0 Å². The first-order valence-electron chi connectivity index (χ1n) is 4.45. The van der Waals surface area contributed by atoms with Gasteiger partial charge < -0.3 is 9.84 Å². The summed E-state index contributed by atoms with van der Waals surface area (Å²) in [6, 6.07) is 3.00. The molecular weight excluding hydrogens is 182 g/mol. The van der Waals surface area contributed by atoms with Gasteiger partial charge in [0.15, 0.2) is 0 Å². The van der Waals surface area contributed by atoms with Crippen LogP contribution in [-0.2, 0) is 6.42 Å². The lowest BCUT2D eigenvalue weighted by Crippen LogP contribution is -2.01. The minimum absolute atomic E-state index is 0.223. The Hall–Kier alpha value is -1.58. The lowest BCUT2D eigenvalue weighted by atomic mass is 10.1. The Kier molecular flexibility index (Phi) is 3.45. The fourth-order valence-electron chi connectivity index (χ4n) is 1.17. The van der Waals surface area contributed by atoms with Crippen LogP contribution in [0.15, 0.2) is 12.1 Å². The molecule has 1 aromatic rings. The number of pyridine rings is 1. The maximum atomic E-state index is 10.7. The van der Waals surface area contributed by atoms with E-state index < -0.39 is 5.97 Å². The van der Waals surface area contributed by atoms with E-state index in [1.165, 1.54) is 13.2 Å². The third kappa shape index (κ3) is 2.45. The molecule has 0 spiro atoms. The maximum Gasteiger partial charge on any atom is 0.335 e. The van der Waals surface area contributed by atoms with Gasteiger partial charge in [0.1, 0.15) is 0 Å². The number of nitrogens with zero attached hydrogens (tertiary/aromatic N) is 1. The van der Waals surface area contributed by atoms with Crippen molar-refractivity contribution in [3.63, 3.8) is 0 Å². The molecule has 0 saturated carbocycles. The van der Waals surface area contributed by atoms with E-state index in [0.717, 1.165) is 18.5 Å². The van der Waals surface area contributed by atoms with Crippen molar-refractivity contribution in [1.82, 2.24) is 4.98 Å². The summed E-state index contributed by atoms with van der Waals surface area (Å²) in [6.07, 6.45) is 1.69. The Labute approximate surface area is 82.5 Å². The highest BCUT2D eigenvalue weighted by atomic mass is 16.5. The van der Waals surface area contributed by atoms with E-state index in [9.17, 15) is 4.79 Å². The summed E-state index contributed by atoms with van der Waals surface area (Å²) in [5.41, 5.74) is 0.976. The molecule has 14 heavy (non-hydrogen) atoms. The second-order valence-corrected chi connectivity index (χ2v) is 2.94. The van der Waals surface area contributed by atoms with Crippen molar-refractivity contribution in [1.29, 1.82) is 0 Å². The predicted molar refractivity (Wildman–Crippen MR) is 51.7 cm³/mol. The van der Waals surface area contributed by atoms with E-state index in [2.05, 4.69) is 4.98 Å². The van der Waals surface area contributed by atoms with E-state index in [0.29, 0.717) is 5.88 Å². The van der Waals surface area contributed by atoms with Crippen LogP contribution < -0.4 is 4.74 Å². The van der Waals surface area contributed by atoms with Gasteiger partial charge >= 0.3 is 5.97 Å². The summed E-state index contributed by atoms with van der Waals surface area (Å²) in [5.74, 6) is -0.601. The Balaban J connectivity index is 3.06. The first-order chi connectivity index (χ1) is 6.67. The number of ether oxygens (including phenoxy) is 1. The van der Waals surface area contributed by atoms with Gasteiger partial charge in [0.25, 0.3) is 0 Å². The number of hydrogen-bond acceptors (Lipinski definition) is 3. The molecule has 0 aliphatic rings. The van der Waals surface area contributed by atoms with Crippen LogP contribution in [0.3, 0.4) is 0 Å². The quantitative estimate of drug-likeness (QED) is 0.795. The first-order valence-corrected chi connectivity index (χ1v) is 4.45. The molecule has 1 N–H and O–H groups in total. The number of rotatable bonds is 4. The van der Waals surface area contributed by atoms with Crippen molar-refractivity contribution >= 4 is 5.97 Å². The average molecular weight is 195 g/mol. The number of carboxylic acids is 1. The normalized spacial score (nSPS) is 9.86. The summed E-state index contributed by atoms with van der Waals surface area (Å²) in [5, 5.41) is 8.81. The first kappa shape index (κ1) is 10.5. The molecule has 0 bridgehead atoms. The average Bonchev–Trinajstić information content (AvgIpc) is 2.17. The van der Waals surface area contributed by atoms with Crippen LogP contribution in [-0.4, -0.2) is 23.2 Å². The van der Waals surface area contributed by atoms with Gasteiger partial charge in [0.2, 0.25) is 5.88 Å². The monoisotopic (exact) mass is 195 g/mol. The molecule has 76 valence electrons. The van der Waals surface area contributed by atoms with E-state index in [-0.39, 0.29) is 5.56 Å². The lowest BCUT2D eigenvalue weighted by molar-refractivity contribution is 0.0696. The van der Waals surface area contributed by atoms with E-state index in [1.54, 1.807) is 6.07 Å². The summed E-state index contributed by atoms with van der Waals surface area (Å²) in [7, 11) is 1.48. The van der Waals surface area contributed by atoms with Gasteiger partial charge in [-0.15, -0.1) is 0 Å². The van der Waals surface area contributed by atoms with Gasteiger partial charge in [-0.2, -0.15) is 0 Å². The smallest absolute Gasteiger partial charge is 0.335 e. The number of hydrogen-bond donors (Lipinski definition) is 1. The van der Waals surface area contributed by atoms with Crippen LogP contribution in [0.5, 0.6) is 5.88 Å². The molecule has 4 heteroatoms. The van der Waals surface area contributed by atoms with E-state index in [4.69, 9.17) is 9.84 Å². The molecule has 0 aliphatic heterocycles. The van der Waals surface area contributed by atoms with Crippen LogP contribution in [0.1, 0.15) is 29.4 Å². The van der Waals surface area contributed by atoms with Crippen molar-refractivity contribution in [3.05, 3.63) is 23.4 Å². The van der Waals surface area contributed by atoms with E-state index in [1.807, 2.05) is 6.92 Å². The van der Waals surface area contributed by atoms with Gasteiger partial charge in [-0.1, -0.05) is 13.3 Å². The molecule has 0 fully saturated rings. The molecule has 0 radical (unpaired) electrons. The lowest BCUT2D eigenvalue weighted by Gasteiger charge is -2.04. The molecule has 0 saturated heterocycles. The molecule has 0 unspecified atom stereocenters. The molecule has 4 nitrogen and oxygen atoms in total. The zero-order valence-corrected chi connectivity index (χ0v) is 8.28. The van der Waals surface area contributed by atoms with Crippen molar-refractivity contribution in [2.45, 2.75) is 19.8 Å². The van der Waals surface area contributed by atoms with Gasteiger partial charge in [-0.25, -0.2) is 9.78 Å². The van der Waals surface area contributed by atoms with Gasteiger partial charge in [-0.3, -0.25) is 0 Å². The standard InChI is InChI=1S/C10H13NO3/c1-3-4-8-5-7(10(12)13)6-9(11-8)14-2/h5-6H,3-4H2,1-2H3,(H,12,13). The molecule has 0 amide bonds. The van der Waals surface area contributed by atoms with Gasteiger partial charge in [0.05, 0.1) is 12.7 Å². The maximum absolute atomic E-state index is 10.7. The molecule has 0 aromatic carbocycles. The summed E-state index contributed by atoms with van der Waals surface area (Å²) in [6.45, 7) is 2.02. The highest BCUT2D eigenvalue weighted by molar-refractivity contribution is 5.88. The Bertz CT molecular complexity index is 336. The zero-order chi connectivity index (χ0) is 10.6. The highest BCUT2D eigenvalue weighted by Crippen LogP contribution is 2.13. The van der Waals surface area contributed by atoms with Crippen molar-refractivity contribution in [2.24, 2.45) is 0 Å². The molecule has 1 heterocycles. The zero-order valence-electron chi connectivity index (χ0n) is 8.28. The summed E-state index contributed by atoms with van der Waals surface area (Å²) < 4.78 is 4.92. The number of carbonyl (C=O) groups is 1. The topological polar surface area (TPSA) is 59.4 Å². The van der Waals surface area contributed by atoms with Crippen LogP contribution in [0, 0.1) is 0 Å². The number of aromatic nitrogens is 1. The van der Waals surface area contributed by atoms with Crippen LogP contribution in [0.25, 0.3) is 0 Å². The van der Waals surface area contributed by atoms with Gasteiger partial charge in [-0.05, 0) is 12.5 Å². The van der Waals surface area contributed by atoms with Crippen LogP contribution >= 0.6 is 0 Å². The van der Waals surface area contributed by atoms with Crippen molar-refractivity contribution in [2.75, 3.05) is 7.11 Å². The number of aromatic carboxylic acids is 1. The Morgan fingerprint density at radius 3 is 2.79 bits per heavy atom. The predicted octanol–water partition coefficient (Wildman–Crippen LogP) is 1.74. The van der Waals surface area contributed by atoms with E-state index >= 15 is 0 Å². The summed E-state index contributed by atoms with van der Waals surface area (Å²) in [4.78, 5) is 14.9. The van der Waals surface area contributed by atoms with Crippen molar-refractivity contribution < 1.29 is 14.6 Å². The Morgan fingerprint density at radius 1 is 1.57 bits per heavy atom. The van der Waals surface area contributed by atoms with Gasteiger partial charge in [0, 0.05) is 11.8 Å². The fourth-order valence-corrected chi connectivity index (χ4v) is 1.17. The minimum Gasteiger partial charge on any atom is -0.481 e. The molecule has 1 aromatic heterocycles. The number of aryl methyl sites for hydroxylation is 1. The minimum atomic E-state index is -0.956. The Morgan fingerprint density at radius 2 is 2.29 bits per heavy atom. The second kappa shape index (κ2) is 4.60. The molecule has 0 atom stereocenters. The molecular formula is C10H13NO3. The third-order valence-corrected chi connectivity index (χ3v) is 1.82. The largest absolute Gasteiger partial charge is 0.481 e. The molecule has 1 rings (SSSR count). The SMILES string of the molecule is CCCc1cc(C(=O)O)cc(OC)n1. The highest BCUT2D eigenvalue weighted by Gasteiger charge is 2.07. The number of methoxy groups -OCH3 is 1. The number of carboxylic acid groups (broad SMARTS) is 1. The second-order valence-electron chi connectivity index (χ2n) is 2.94. The third-order valence-electron chi connectivity index (χ3n) is 1.82. The fraction of sp³-hybridized carbons (Fsp3) is 0.400. The van der Waals surface area contributed by atoms with Crippen molar-refractivity contribution in [3.8, 4) is 5.88 Å². The summed E-state index contributed by atoms with van der Waals surface area (Å²) >= 11 is 0.